The third-order valence-electron chi connectivity index (χ3n) is 6.06. The van der Waals surface area contributed by atoms with Gasteiger partial charge in [-0.05, 0) is 65.1 Å². The SMILES string of the molecule is CC(C)C(=O)NC(C(=O)NC(CCCCNC(=O)OC(C)(C)C)C(=O)O)C(C)O[Si](C)(C)C(C)(C)C. The van der Waals surface area contributed by atoms with Crippen LogP contribution in [0.1, 0.15) is 81.6 Å². The number of amides is 3. The molecule has 10 nitrogen and oxygen atoms in total. The van der Waals surface area contributed by atoms with E-state index in [0.29, 0.717) is 19.4 Å². The van der Waals surface area contributed by atoms with E-state index in [-0.39, 0.29) is 23.3 Å². The fourth-order valence-corrected chi connectivity index (χ4v) is 4.34. The van der Waals surface area contributed by atoms with Crippen molar-refractivity contribution >= 4 is 32.2 Å². The second kappa shape index (κ2) is 14.0. The maximum absolute atomic E-state index is 13.2. The van der Waals surface area contributed by atoms with Gasteiger partial charge in [0.05, 0.1) is 6.10 Å². The second-order valence-electron chi connectivity index (χ2n) is 12.0. The van der Waals surface area contributed by atoms with Crippen molar-refractivity contribution in [2.75, 3.05) is 6.54 Å². The van der Waals surface area contributed by atoms with E-state index in [1.54, 1.807) is 41.5 Å². The highest BCUT2D eigenvalue weighted by atomic mass is 28.4. The predicted molar refractivity (Wildman–Crippen MR) is 142 cm³/mol. The lowest BCUT2D eigenvalue weighted by molar-refractivity contribution is -0.143. The number of carboxylic acids is 1. The largest absolute Gasteiger partial charge is 0.480 e. The van der Waals surface area contributed by atoms with Crippen LogP contribution in [0, 0.1) is 5.92 Å². The molecule has 4 N–H and O–H groups in total. The molecule has 0 aromatic rings. The summed E-state index contributed by atoms with van der Waals surface area (Å²) < 4.78 is 11.5. The lowest BCUT2D eigenvalue weighted by Gasteiger charge is -2.40. The van der Waals surface area contributed by atoms with Gasteiger partial charge in [-0.25, -0.2) is 9.59 Å². The van der Waals surface area contributed by atoms with Crippen molar-refractivity contribution in [1.29, 1.82) is 0 Å². The van der Waals surface area contributed by atoms with Gasteiger partial charge >= 0.3 is 12.1 Å². The quantitative estimate of drug-likeness (QED) is 0.209. The van der Waals surface area contributed by atoms with Crippen LogP contribution in [0.15, 0.2) is 0 Å². The average Bonchev–Trinajstić information content (AvgIpc) is 2.67. The molecule has 0 aliphatic rings. The third kappa shape index (κ3) is 12.7. The molecule has 36 heavy (non-hydrogen) atoms. The minimum atomic E-state index is -2.26. The lowest BCUT2D eigenvalue weighted by Crippen LogP contribution is -2.59. The molecule has 0 bridgehead atoms. The van der Waals surface area contributed by atoms with Crippen molar-refractivity contribution in [2.24, 2.45) is 5.92 Å². The van der Waals surface area contributed by atoms with Crippen LogP contribution in [0.3, 0.4) is 0 Å². The molecular weight excluding hydrogens is 482 g/mol. The molecule has 0 fully saturated rings. The molecule has 0 radical (unpaired) electrons. The van der Waals surface area contributed by atoms with Crippen molar-refractivity contribution < 1.29 is 33.4 Å². The van der Waals surface area contributed by atoms with Crippen molar-refractivity contribution in [3.05, 3.63) is 0 Å². The van der Waals surface area contributed by atoms with E-state index in [4.69, 9.17) is 9.16 Å². The summed E-state index contributed by atoms with van der Waals surface area (Å²) in [4.78, 5) is 49.2. The van der Waals surface area contributed by atoms with Crippen LogP contribution in [0.2, 0.25) is 18.1 Å². The zero-order valence-electron chi connectivity index (χ0n) is 24.0. The first-order chi connectivity index (χ1) is 16.2. The van der Waals surface area contributed by atoms with Gasteiger partial charge in [0, 0.05) is 12.5 Å². The Morgan fingerprint density at radius 3 is 1.89 bits per heavy atom. The van der Waals surface area contributed by atoms with Crippen molar-refractivity contribution in [3.8, 4) is 0 Å². The molecule has 0 rings (SSSR count). The summed E-state index contributed by atoms with van der Waals surface area (Å²) >= 11 is 0. The number of hydrogen-bond donors (Lipinski definition) is 4. The number of unbranched alkanes of at least 4 members (excludes halogenated alkanes) is 1. The molecule has 3 amide bonds. The molecular formula is C25H49N3O7Si. The molecule has 0 aromatic heterocycles. The van der Waals surface area contributed by atoms with E-state index in [1.165, 1.54) is 0 Å². The van der Waals surface area contributed by atoms with Crippen LogP contribution in [-0.2, 0) is 23.5 Å². The van der Waals surface area contributed by atoms with Gasteiger partial charge in [0.1, 0.15) is 17.7 Å². The van der Waals surface area contributed by atoms with E-state index < -0.39 is 50.1 Å². The van der Waals surface area contributed by atoms with Crippen LogP contribution in [0.4, 0.5) is 4.79 Å². The van der Waals surface area contributed by atoms with Crippen molar-refractivity contribution in [2.45, 2.75) is 123 Å². The smallest absolute Gasteiger partial charge is 0.407 e. The Labute approximate surface area is 217 Å². The summed E-state index contributed by atoms with van der Waals surface area (Å²) in [5.74, 6) is -2.45. The van der Waals surface area contributed by atoms with Gasteiger partial charge in [0.25, 0.3) is 0 Å². The van der Waals surface area contributed by atoms with Crippen molar-refractivity contribution in [1.82, 2.24) is 16.0 Å². The first-order valence-corrected chi connectivity index (χ1v) is 15.6. The Balaban J connectivity index is 5.22. The predicted octanol–water partition coefficient (Wildman–Crippen LogP) is 3.80. The number of ether oxygens (including phenoxy) is 1. The highest BCUT2D eigenvalue weighted by Gasteiger charge is 2.41. The van der Waals surface area contributed by atoms with Crippen LogP contribution in [0.25, 0.3) is 0 Å². The number of alkyl carbamates (subject to hydrolysis) is 1. The molecule has 11 heteroatoms. The maximum Gasteiger partial charge on any atom is 0.407 e. The first-order valence-electron chi connectivity index (χ1n) is 12.7. The van der Waals surface area contributed by atoms with Gasteiger partial charge in [-0.15, -0.1) is 0 Å². The van der Waals surface area contributed by atoms with Crippen LogP contribution >= 0.6 is 0 Å². The Bertz CT molecular complexity index is 758. The zero-order chi connectivity index (χ0) is 28.5. The summed E-state index contributed by atoms with van der Waals surface area (Å²) in [5, 5.41) is 17.5. The lowest BCUT2D eigenvalue weighted by atomic mass is 10.1. The number of carbonyl (C=O) groups is 4. The van der Waals surface area contributed by atoms with E-state index >= 15 is 0 Å². The highest BCUT2D eigenvalue weighted by molar-refractivity contribution is 6.74. The monoisotopic (exact) mass is 531 g/mol. The molecule has 3 unspecified atom stereocenters. The molecule has 0 saturated carbocycles. The van der Waals surface area contributed by atoms with E-state index in [9.17, 15) is 24.3 Å². The number of carboxylic acid groups (broad SMARTS) is 1. The van der Waals surface area contributed by atoms with E-state index in [2.05, 4.69) is 36.7 Å². The van der Waals surface area contributed by atoms with Crippen LogP contribution < -0.4 is 16.0 Å². The fraction of sp³-hybridized carbons (Fsp3) is 0.840. The zero-order valence-corrected chi connectivity index (χ0v) is 25.0. The topological polar surface area (TPSA) is 143 Å². The normalized spacial score (nSPS) is 15.0. The fourth-order valence-electron chi connectivity index (χ4n) is 2.92. The molecule has 0 aliphatic carbocycles. The van der Waals surface area contributed by atoms with Crippen LogP contribution in [0.5, 0.6) is 0 Å². The maximum atomic E-state index is 13.2. The molecule has 0 saturated heterocycles. The Kier molecular flexibility index (Phi) is 13.1. The second-order valence-corrected chi connectivity index (χ2v) is 16.8. The highest BCUT2D eigenvalue weighted by Crippen LogP contribution is 2.37. The summed E-state index contributed by atoms with van der Waals surface area (Å²) in [6.07, 6.45) is -0.0610. The Morgan fingerprint density at radius 1 is 0.889 bits per heavy atom. The molecule has 0 heterocycles. The van der Waals surface area contributed by atoms with Gasteiger partial charge in [0.2, 0.25) is 11.8 Å². The van der Waals surface area contributed by atoms with Gasteiger partial charge in [-0.1, -0.05) is 34.6 Å². The number of nitrogens with one attached hydrogen (secondary N) is 3. The van der Waals surface area contributed by atoms with Gasteiger partial charge in [-0.2, -0.15) is 0 Å². The van der Waals surface area contributed by atoms with Gasteiger partial charge in [-0.3, -0.25) is 9.59 Å². The molecule has 0 spiro atoms. The number of aliphatic carboxylic acids is 1. The van der Waals surface area contributed by atoms with E-state index in [0.717, 1.165) is 0 Å². The number of rotatable bonds is 13. The number of carbonyl (C=O) groups excluding carboxylic acids is 3. The van der Waals surface area contributed by atoms with Gasteiger partial charge < -0.3 is 30.2 Å². The molecule has 210 valence electrons. The van der Waals surface area contributed by atoms with Gasteiger partial charge in [0.15, 0.2) is 8.32 Å². The minimum Gasteiger partial charge on any atom is -0.480 e. The Morgan fingerprint density at radius 2 is 1.44 bits per heavy atom. The summed E-state index contributed by atoms with van der Waals surface area (Å²) in [5.41, 5.74) is -0.601. The minimum absolute atomic E-state index is 0.110. The molecule has 3 atom stereocenters. The molecule has 0 aromatic carbocycles. The van der Waals surface area contributed by atoms with Crippen LogP contribution in [-0.4, -0.2) is 67.6 Å². The standard InChI is InChI=1S/C25H49N3O7Si/c1-16(2)20(29)28-19(17(3)35-36(10,11)25(7,8)9)21(30)27-18(22(31)32)14-12-13-15-26-23(33)34-24(4,5)6/h16-19H,12-15H2,1-11H3,(H,26,33)(H,27,30)(H,28,29)(H,31,32). The summed E-state index contributed by atoms with van der Waals surface area (Å²) in [7, 11) is -2.26. The first kappa shape index (κ1) is 33.9. The van der Waals surface area contributed by atoms with Crippen molar-refractivity contribution in [3.63, 3.8) is 0 Å². The molecule has 0 aliphatic heterocycles. The summed E-state index contributed by atoms with van der Waals surface area (Å²) in [6.45, 7) is 21.1. The Hall–Kier alpha value is -2.14. The number of hydrogen-bond acceptors (Lipinski definition) is 6. The third-order valence-corrected chi connectivity index (χ3v) is 10.6. The average molecular weight is 532 g/mol. The van der Waals surface area contributed by atoms with E-state index in [1.807, 2.05) is 13.1 Å². The summed E-state index contributed by atoms with van der Waals surface area (Å²) in [6, 6.07) is -2.18.